The summed E-state index contributed by atoms with van der Waals surface area (Å²) in [5, 5.41) is 8.71. The standard InChI is InChI=1S/C30H20O.2C10H9NO.Ga/c31-30-28(26-17-7-12-20-9-1-4-14-23(20)26)19-22-11-3-6-16-25(22)29(30)27-18-8-13-21-10-2-5-15-24(21)27;2*1-7-5-6-8-3-2-4-9(12)10(8)11-7;/h1-19,31H;2*2-6,12H,1H3;/q;;;+3/p-3. The van der Waals surface area contributed by atoms with E-state index in [0.29, 0.717) is 11.5 Å². The van der Waals surface area contributed by atoms with Gasteiger partial charge >= 0.3 is 333 Å². The first-order chi connectivity index (χ1) is 27.6. The van der Waals surface area contributed by atoms with E-state index in [9.17, 15) is 0 Å². The van der Waals surface area contributed by atoms with E-state index < -0.39 is 17.3 Å². The van der Waals surface area contributed by atoms with Gasteiger partial charge in [-0.2, -0.15) is 0 Å². The third kappa shape index (κ3) is 6.19. The third-order valence-electron chi connectivity index (χ3n) is 10.4. The van der Waals surface area contributed by atoms with Crippen LogP contribution in [-0.4, -0.2) is 27.3 Å². The van der Waals surface area contributed by atoms with Crippen molar-refractivity contribution < 1.29 is 10.6 Å². The number of aryl methyl sites for hydroxylation is 2. The van der Waals surface area contributed by atoms with Crippen molar-refractivity contribution in [3.8, 4) is 39.5 Å². The molecule has 0 unspecified atom stereocenters. The van der Waals surface area contributed by atoms with Crippen molar-refractivity contribution in [2.75, 3.05) is 0 Å². The summed E-state index contributed by atoms with van der Waals surface area (Å²) in [4.78, 5) is 9.85. The number of fused-ring (bicyclic) bond motifs is 5. The minimum absolute atomic E-state index is 0.625. The molecule has 0 fully saturated rings. The maximum absolute atomic E-state index is 7.55. The predicted octanol–water partition coefficient (Wildman–Crippen LogP) is 12.7. The first-order valence-corrected chi connectivity index (χ1v) is 21.8. The summed E-state index contributed by atoms with van der Waals surface area (Å²) >= 11 is -3.94. The number of hydrogen-bond acceptors (Lipinski definition) is 5. The van der Waals surface area contributed by atoms with E-state index in [2.05, 4.69) is 140 Å². The molecule has 0 aliphatic heterocycles. The number of pyridine rings is 2. The summed E-state index contributed by atoms with van der Waals surface area (Å²) in [5.74, 6) is 1.97. The van der Waals surface area contributed by atoms with Crippen LogP contribution in [0.15, 0.2) is 176 Å². The van der Waals surface area contributed by atoms with Gasteiger partial charge < -0.3 is 0 Å². The van der Waals surface area contributed by atoms with E-state index in [4.69, 9.17) is 20.6 Å². The van der Waals surface area contributed by atoms with Gasteiger partial charge in [0.15, 0.2) is 0 Å². The van der Waals surface area contributed by atoms with Crippen LogP contribution in [-0.2, 0) is 0 Å². The molecular weight excluding hydrogens is 746 g/mol. The van der Waals surface area contributed by atoms with E-state index >= 15 is 0 Å². The van der Waals surface area contributed by atoms with Gasteiger partial charge in [0.1, 0.15) is 0 Å². The Morgan fingerprint density at radius 1 is 0.375 bits per heavy atom. The fourth-order valence-electron chi connectivity index (χ4n) is 7.82. The predicted molar refractivity (Wildman–Crippen MR) is 230 cm³/mol. The molecule has 2 aromatic heterocycles. The fourth-order valence-corrected chi connectivity index (χ4v) is 10.7. The van der Waals surface area contributed by atoms with Gasteiger partial charge in [-0.1, -0.05) is 0 Å². The number of benzene rings is 8. The molecule has 0 spiro atoms. The van der Waals surface area contributed by atoms with Gasteiger partial charge in [0.25, 0.3) is 0 Å². The maximum atomic E-state index is 7.55. The second-order valence-electron chi connectivity index (χ2n) is 14.1. The SMILES string of the molecule is Cc1ccc2cccc([O][Ga]([O]c3c(-c4cccc5ccccc45)cc4ccccc4c3-c3cccc4ccccc34)[O]c3cccc4ccc(C)nc34)c2n1. The fraction of sp³-hybridized carbons (Fsp3) is 0.0400. The first kappa shape index (κ1) is 33.9. The van der Waals surface area contributed by atoms with Gasteiger partial charge in [-0.05, 0) is 0 Å². The topological polar surface area (TPSA) is 53.5 Å². The van der Waals surface area contributed by atoms with Crippen LogP contribution >= 0.6 is 0 Å². The van der Waals surface area contributed by atoms with Gasteiger partial charge in [-0.15, -0.1) is 0 Å². The Bertz CT molecular complexity index is 3030. The molecule has 6 heteroatoms. The van der Waals surface area contributed by atoms with E-state index in [1.807, 2.05) is 50.2 Å². The van der Waals surface area contributed by atoms with Crippen molar-refractivity contribution in [1.29, 1.82) is 0 Å². The van der Waals surface area contributed by atoms with E-state index in [0.717, 1.165) is 93.5 Å². The van der Waals surface area contributed by atoms with Crippen LogP contribution in [0.3, 0.4) is 0 Å². The van der Waals surface area contributed by atoms with Crippen molar-refractivity contribution in [3.63, 3.8) is 0 Å². The Morgan fingerprint density at radius 2 is 0.839 bits per heavy atom. The summed E-state index contributed by atoms with van der Waals surface area (Å²) in [6.07, 6.45) is 0. The Balaban J connectivity index is 1.26. The number of rotatable bonds is 8. The molecule has 0 aliphatic carbocycles. The van der Waals surface area contributed by atoms with Crippen LogP contribution in [0.4, 0.5) is 0 Å². The molecule has 8 aromatic carbocycles. The molecule has 266 valence electrons. The van der Waals surface area contributed by atoms with Crippen molar-refractivity contribution in [2.45, 2.75) is 13.8 Å². The molecule has 0 radical (unpaired) electrons. The summed E-state index contributed by atoms with van der Waals surface area (Å²) < 4.78 is 21.7. The molecular formula is C50H35GaN2O3. The second kappa shape index (κ2) is 14.2. The Labute approximate surface area is 331 Å². The van der Waals surface area contributed by atoms with Crippen LogP contribution in [0.2, 0.25) is 0 Å². The van der Waals surface area contributed by atoms with E-state index in [1.54, 1.807) is 0 Å². The number of aromatic nitrogens is 2. The van der Waals surface area contributed by atoms with Crippen LogP contribution in [0.1, 0.15) is 11.4 Å². The van der Waals surface area contributed by atoms with Gasteiger partial charge in [0.05, 0.1) is 0 Å². The minimum atomic E-state index is -3.94. The number of nitrogens with zero attached hydrogens (tertiary/aromatic N) is 2. The van der Waals surface area contributed by atoms with E-state index in [-0.39, 0.29) is 0 Å². The van der Waals surface area contributed by atoms with Crippen LogP contribution in [0, 0.1) is 13.8 Å². The molecule has 0 saturated carbocycles. The van der Waals surface area contributed by atoms with Crippen molar-refractivity contribution in [2.24, 2.45) is 0 Å². The zero-order chi connectivity index (χ0) is 37.6. The second-order valence-corrected chi connectivity index (χ2v) is 16.8. The van der Waals surface area contributed by atoms with Crippen molar-refractivity contribution >= 4 is 71.4 Å². The summed E-state index contributed by atoms with van der Waals surface area (Å²) in [7, 11) is 0. The molecule has 2 heterocycles. The van der Waals surface area contributed by atoms with Crippen molar-refractivity contribution in [1.82, 2.24) is 9.97 Å². The normalized spacial score (nSPS) is 11.4. The van der Waals surface area contributed by atoms with Gasteiger partial charge in [-0.3, -0.25) is 0 Å². The summed E-state index contributed by atoms with van der Waals surface area (Å²) in [5.41, 5.74) is 7.43. The average molecular weight is 782 g/mol. The molecule has 10 aromatic rings. The Hall–Kier alpha value is -6.60. The Kier molecular flexibility index (Phi) is 8.62. The van der Waals surface area contributed by atoms with Gasteiger partial charge in [0, 0.05) is 0 Å². The molecule has 56 heavy (non-hydrogen) atoms. The van der Waals surface area contributed by atoms with Crippen molar-refractivity contribution in [3.05, 3.63) is 187 Å². The van der Waals surface area contributed by atoms with E-state index in [1.165, 1.54) is 0 Å². The molecule has 0 amide bonds. The van der Waals surface area contributed by atoms with Gasteiger partial charge in [-0.25, -0.2) is 0 Å². The summed E-state index contributed by atoms with van der Waals surface area (Å²) in [6, 6.07) is 61.0. The molecule has 0 atom stereocenters. The first-order valence-electron chi connectivity index (χ1n) is 18.8. The molecule has 0 N–H and O–H groups in total. The van der Waals surface area contributed by atoms with Crippen LogP contribution < -0.4 is 10.6 Å². The molecule has 0 bridgehead atoms. The van der Waals surface area contributed by atoms with Crippen LogP contribution in [0.25, 0.3) is 76.4 Å². The molecule has 0 saturated heterocycles. The molecule has 5 nitrogen and oxygen atoms in total. The monoisotopic (exact) mass is 780 g/mol. The average Bonchev–Trinajstić information content (AvgIpc) is 3.23. The molecule has 0 aliphatic rings. The summed E-state index contributed by atoms with van der Waals surface area (Å²) in [6.45, 7) is 3.99. The zero-order valence-corrected chi connectivity index (χ0v) is 33.4. The van der Waals surface area contributed by atoms with Crippen LogP contribution in [0.5, 0.6) is 17.2 Å². The third-order valence-corrected chi connectivity index (χ3v) is 13.2. The number of para-hydroxylation sites is 2. The quantitative estimate of drug-likeness (QED) is 0.144. The van der Waals surface area contributed by atoms with Gasteiger partial charge in [0.2, 0.25) is 0 Å². The Morgan fingerprint density at radius 3 is 1.45 bits per heavy atom. The number of hydrogen-bond donors (Lipinski definition) is 0. The zero-order valence-electron chi connectivity index (χ0n) is 30.9. The molecule has 10 rings (SSSR count).